The number of pyridine rings is 1. The number of carboxylic acid groups (broad SMARTS) is 1. The summed E-state index contributed by atoms with van der Waals surface area (Å²) >= 11 is 0. The van der Waals surface area contributed by atoms with E-state index in [0.29, 0.717) is 37.4 Å². The number of halogens is 1. The number of rotatable bonds is 6. The molecule has 0 radical (unpaired) electrons. The van der Waals surface area contributed by atoms with Crippen molar-refractivity contribution >= 4 is 45.8 Å². The number of aromatic nitrogens is 1. The van der Waals surface area contributed by atoms with E-state index >= 15 is 4.39 Å². The summed E-state index contributed by atoms with van der Waals surface area (Å²) in [6.07, 6.45) is 0.0531. The number of aromatic carboxylic acids is 1. The van der Waals surface area contributed by atoms with Crippen molar-refractivity contribution in [1.82, 2.24) is 4.57 Å². The second kappa shape index (κ2) is 10.3. The smallest absolute Gasteiger partial charge is 0.414 e. The van der Waals surface area contributed by atoms with Crippen molar-refractivity contribution in [1.29, 1.82) is 0 Å². The quantitative estimate of drug-likeness (QED) is 0.446. The lowest BCUT2D eigenvalue weighted by molar-refractivity contribution is -0.120. The molecule has 12 nitrogen and oxygen atoms in total. The first kappa shape index (κ1) is 27.5. The molecule has 2 unspecified atom stereocenters. The highest BCUT2D eigenvalue weighted by Crippen LogP contribution is 2.42. The fourth-order valence-electron chi connectivity index (χ4n) is 5.83. The largest absolute Gasteiger partial charge is 0.487 e. The minimum absolute atomic E-state index is 0.0205. The number of piperazine rings is 1. The number of cyclic esters (lactones) is 1. The molecule has 13 heteroatoms. The van der Waals surface area contributed by atoms with Gasteiger partial charge < -0.3 is 34.7 Å². The van der Waals surface area contributed by atoms with Gasteiger partial charge in [-0.2, -0.15) is 0 Å². The molecule has 1 amide bonds. The second-order valence-electron chi connectivity index (χ2n) is 10.8. The Morgan fingerprint density at radius 1 is 1.07 bits per heavy atom. The molecular formula is C29H30FN5O7. The number of hydrogen-bond acceptors (Lipinski definition) is 9. The van der Waals surface area contributed by atoms with Gasteiger partial charge in [0, 0.05) is 43.8 Å². The number of hydrogen-bond donors (Lipinski definition) is 2. The van der Waals surface area contributed by atoms with Gasteiger partial charge >= 0.3 is 12.1 Å². The molecule has 4 heterocycles. The molecule has 0 bridgehead atoms. The Bertz CT molecular complexity index is 1670. The Balaban J connectivity index is 1.21. The van der Waals surface area contributed by atoms with E-state index in [1.54, 1.807) is 16.7 Å². The number of Topliss-reactive ketones (excluding diaryl/α,β-unsaturated/α-hetero) is 1. The van der Waals surface area contributed by atoms with Crippen molar-refractivity contribution in [3.05, 3.63) is 58.1 Å². The number of amides is 1. The maximum atomic E-state index is 15.6. The first-order valence-corrected chi connectivity index (χ1v) is 13.7. The molecule has 6 rings (SSSR count). The monoisotopic (exact) mass is 579 g/mol. The van der Waals surface area contributed by atoms with Gasteiger partial charge in [0.1, 0.15) is 35.8 Å². The zero-order chi connectivity index (χ0) is 29.9. The zero-order valence-corrected chi connectivity index (χ0v) is 23.1. The Labute approximate surface area is 239 Å². The van der Waals surface area contributed by atoms with Crippen LogP contribution >= 0.6 is 0 Å². The van der Waals surface area contributed by atoms with Crippen LogP contribution in [0.2, 0.25) is 0 Å². The molecular weight excluding hydrogens is 549 g/mol. The van der Waals surface area contributed by atoms with Crippen LogP contribution in [0.25, 0.3) is 10.9 Å². The lowest BCUT2D eigenvalue weighted by atomic mass is 10.1. The Morgan fingerprint density at radius 2 is 1.71 bits per heavy atom. The molecule has 0 aliphatic carbocycles. The maximum Gasteiger partial charge on any atom is 0.414 e. The van der Waals surface area contributed by atoms with Crippen molar-refractivity contribution in [2.75, 3.05) is 54.0 Å². The molecule has 220 valence electrons. The topological polar surface area (TPSA) is 148 Å². The summed E-state index contributed by atoms with van der Waals surface area (Å²) in [7, 11) is 0. The van der Waals surface area contributed by atoms with E-state index in [4.69, 9.17) is 15.2 Å². The number of carbonyl (C=O) groups excluding carboxylic acids is 2. The molecule has 3 atom stereocenters. The van der Waals surface area contributed by atoms with Gasteiger partial charge in [-0.25, -0.2) is 14.0 Å². The number of ketones is 1. The average Bonchev–Trinajstić information content (AvgIpc) is 3.36. The summed E-state index contributed by atoms with van der Waals surface area (Å²) in [6.45, 7) is 5.67. The van der Waals surface area contributed by atoms with Gasteiger partial charge in [0.2, 0.25) is 5.43 Å². The fraction of sp³-hybridized carbons (Fsp3) is 0.379. The van der Waals surface area contributed by atoms with E-state index in [9.17, 15) is 24.3 Å². The third-order valence-corrected chi connectivity index (χ3v) is 8.20. The predicted octanol–water partition coefficient (Wildman–Crippen LogP) is 2.36. The summed E-state index contributed by atoms with van der Waals surface area (Å²) in [5, 5.41) is 9.49. The molecule has 3 aromatic rings. The number of anilines is 3. The summed E-state index contributed by atoms with van der Waals surface area (Å²) in [5.41, 5.74) is 6.91. The first-order chi connectivity index (χ1) is 20.0. The summed E-state index contributed by atoms with van der Waals surface area (Å²) in [6, 6.07) is 7.38. The number of carbonyl (C=O) groups is 3. The minimum atomic E-state index is -1.36. The fourth-order valence-corrected chi connectivity index (χ4v) is 5.83. The first-order valence-electron chi connectivity index (χ1n) is 13.7. The molecule has 1 aromatic heterocycles. The van der Waals surface area contributed by atoms with E-state index in [2.05, 4.69) is 4.90 Å². The van der Waals surface area contributed by atoms with Crippen LogP contribution in [0.15, 0.2) is 41.3 Å². The van der Waals surface area contributed by atoms with Crippen molar-refractivity contribution in [3.8, 4) is 5.75 Å². The van der Waals surface area contributed by atoms with Gasteiger partial charge in [-0.1, -0.05) is 0 Å². The number of nitrogens with two attached hydrogens (primary N) is 1. The average molecular weight is 580 g/mol. The molecule has 0 spiro atoms. The van der Waals surface area contributed by atoms with Gasteiger partial charge in [-0.3, -0.25) is 14.5 Å². The molecule has 2 aromatic carbocycles. The lowest BCUT2D eigenvalue weighted by Crippen LogP contribution is -2.47. The van der Waals surface area contributed by atoms with Crippen LogP contribution in [-0.4, -0.2) is 79.0 Å². The van der Waals surface area contributed by atoms with Crippen LogP contribution < -0.4 is 30.6 Å². The Hall–Kier alpha value is -4.65. The molecule has 0 saturated carbocycles. The van der Waals surface area contributed by atoms with Crippen LogP contribution in [0.3, 0.4) is 0 Å². The van der Waals surface area contributed by atoms with Crippen molar-refractivity contribution in [2.24, 2.45) is 5.73 Å². The highest BCUT2D eigenvalue weighted by atomic mass is 19.1. The van der Waals surface area contributed by atoms with E-state index < -0.39 is 41.0 Å². The molecule has 3 aliphatic rings. The van der Waals surface area contributed by atoms with Gasteiger partial charge in [-0.05, 0) is 44.2 Å². The number of nitrogens with zero attached hydrogens (tertiary/aromatic N) is 4. The molecule has 42 heavy (non-hydrogen) atoms. The second-order valence-corrected chi connectivity index (χ2v) is 10.8. The molecule has 2 fully saturated rings. The van der Waals surface area contributed by atoms with E-state index in [1.807, 2.05) is 24.0 Å². The predicted molar refractivity (Wildman–Crippen MR) is 152 cm³/mol. The van der Waals surface area contributed by atoms with Gasteiger partial charge in [0.15, 0.2) is 11.6 Å². The van der Waals surface area contributed by atoms with Crippen molar-refractivity contribution in [2.45, 2.75) is 32.0 Å². The summed E-state index contributed by atoms with van der Waals surface area (Å²) in [5.74, 6) is -2.01. The summed E-state index contributed by atoms with van der Waals surface area (Å²) in [4.78, 5) is 54.0. The standard InChI is InChI=1S/C29H30FN5O7/c1-15-14-41-27-24-19(26(37)20(28(38)39)12-34(15)24)11-21(30)25(27)33-9-7-32(8-10-33)17-3-5-18(6-4-17)35-13-22(42-29(35)40)23(31)16(2)36/h3-6,11-12,15,22-23H,7-10,13-14,31H2,1-2H3,(H,38,39)/t15?,22?,23-/m1/s1. The third-order valence-electron chi connectivity index (χ3n) is 8.20. The van der Waals surface area contributed by atoms with Crippen molar-refractivity contribution < 1.29 is 33.4 Å². The minimum Gasteiger partial charge on any atom is -0.487 e. The van der Waals surface area contributed by atoms with Crippen LogP contribution in [0, 0.1) is 5.82 Å². The lowest BCUT2D eigenvalue weighted by Gasteiger charge is -2.39. The van der Waals surface area contributed by atoms with Crippen molar-refractivity contribution in [3.63, 3.8) is 0 Å². The van der Waals surface area contributed by atoms with E-state index in [-0.39, 0.29) is 41.8 Å². The van der Waals surface area contributed by atoms with Gasteiger partial charge in [-0.15, -0.1) is 0 Å². The van der Waals surface area contributed by atoms with Gasteiger partial charge in [0.05, 0.1) is 23.5 Å². The third kappa shape index (κ3) is 4.49. The highest BCUT2D eigenvalue weighted by molar-refractivity contribution is 5.97. The SMILES string of the molecule is CC(=O)[C@@H](N)C1CN(c2ccc(N3CCN(c4c(F)cc5c(=O)c(C(=O)O)cn6c5c4OCC6C)CC3)cc2)C(=O)O1. The number of ether oxygens (including phenoxy) is 2. The van der Waals surface area contributed by atoms with Crippen LogP contribution in [0.5, 0.6) is 5.75 Å². The van der Waals surface area contributed by atoms with Crippen LogP contribution in [-0.2, 0) is 9.53 Å². The Kier molecular flexibility index (Phi) is 6.76. The normalized spacial score (nSPS) is 20.9. The molecule has 3 N–H and O–H groups in total. The molecule has 3 aliphatic heterocycles. The van der Waals surface area contributed by atoms with Crippen LogP contribution in [0.4, 0.5) is 26.2 Å². The van der Waals surface area contributed by atoms with E-state index in [0.717, 1.165) is 11.8 Å². The number of benzene rings is 2. The van der Waals surface area contributed by atoms with Gasteiger partial charge in [0.25, 0.3) is 0 Å². The van der Waals surface area contributed by atoms with E-state index in [1.165, 1.54) is 18.0 Å². The molecule has 2 saturated heterocycles. The number of carboxylic acids is 1. The Morgan fingerprint density at radius 3 is 2.36 bits per heavy atom. The van der Waals surface area contributed by atoms with Crippen LogP contribution in [0.1, 0.15) is 30.2 Å². The zero-order valence-electron chi connectivity index (χ0n) is 23.1. The highest BCUT2D eigenvalue weighted by Gasteiger charge is 2.38. The summed E-state index contributed by atoms with van der Waals surface area (Å²) < 4.78 is 28.5. The maximum absolute atomic E-state index is 15.6.